The van der Waals surface area contributed by atoms with Crippen molar-refractivity contribution >= 4 is 0 Å². The van der Waals surface area contributed by atoms with Gasteiger partial charge in [0.2, 0.25) is 0 Å². The first-order valence-electron chi connectivity index (χ1n) is 5.03. The maximum atomic E-state index is 8.57. The van der Waals surface area contributed by atoms with Crippen LogP contribution in [0, 0.1) is 0 Å². The van der Waals surface area contributed by atoms with Crippen molar-refractivity contribution in [3.8, 4) is 0 Å². The number of unbranched alkanes of at least 4 members (excludes halogenated alkanes) is 2. The SMILES string of the molecule is CCCCCOC(C)CCCO. The Bertz CT molecular complexity index is 83.9. The number of hydrogen-bond acceptors (Lipinski definition) is 2. The summed E-state index contributed by atoms with van der Waals surface area (Å²) in [5, 5.41) is 8.57. The second-order valence-electron chi connectivity index (χ2n) is 3.25. The smallest absolute Gasteiger partial charge is 0.0547 e. The summed E-state index contributed by atoms with van der Waals surface area (Å²) >= 11 is 0. The van der Waals surface area contributed by atoms with Gasteiger partial charge in [-0.15, -0.1) is 0 Å². The van der Waals surface area contributed by atoms with Crippen LogP contribution in [-0.2, 0) is 4.74 Å². The highest BCUT2D eigenvalue weighted by Crippen LogP contribution is 2.03. The topological polar surface area (TPSA) is 29.5 Å². The van der Waals surface area contributed by atoms with Crippen LogP contribution in [0.5, 0.6) is 0 Å². The molecule has 0 aliphatic heterocycles. The Kier molecular flexibility index (Phi) is 8.95. The van der Waals surface area contributed by atoms with Crippen molar-refractivity contribution in [1.29, 1.82) is 0 Å². The van der Waals surface area contributed by atoms with E-state index in [0.717, 1.165) is 19.4 Å². The van der Waals surface area contributed by atoms with Crippen molar-refractivity contribution in [1.82, 2.24) is 0 Å². The molecule has 1 N–H and O–H groups in total. The van der Waals surface area contributed by atoms with Crippen LogP contribution >= 0.6 is 0 Å². The Morgan fingerprint density at radius 2 is 2.00 bits per heavy atom. The molecule has 74 valence electrons. The van der Waals surface area contributed by atoms with Crippen LogP contribution in [0.1, 0.15) is 46.0 Å². The fourth-order valence-corrected chi connectivity index (χ4v) is 1.10. The molecule has 0 heterocycles. The third-order valence-corrected chi connectivity index (χ3v) is 1.92. The standard InChI is InChI=1S/C10H22O2/c1-3-4-5-9-12-10(2)7-6-8-11/h10-11H,3-9H2,1-2H3. The minimum absolute atomic E-state index is 0.280. The van der Waals surface area contributed by atoms with Crippen LogP contribution in [0.3, 0.4) is 0 Å². The first-order valence-corrected chi connectivity index (χ1v) is 5.03. The number of hydrogen-bond donors (Lipinski definition) is 1. The van der Waals surface area contributed by atoms with Gasteiger partial charge in [-0.3, -0.25) is 0 Å². The summed E-state index contributed by atoms with van der Waals surface area (Å²) in [6.07, 6.45) is 5.81. The predicted octanol–water partition coefficient (Wildman–Crippen LogP) is 2.35. The molecule has 2 nitrogen and oxygen atoms in total. The summed E-state index contributed by atoms with van der Waals surface area (Å²) in [6.45, 7) is 5.42. The number of aliphatic hydroxyl groups is 1. The van der Waals surface area contributed by atoms with Crippen LogP contribution in [0.25, 0.3) is 0 Å². The van der Waals surface area contributed by atoms with E-state index in [-0.39, 0.29) is 6.61 Å². The van der Waals surface area contributed by atoms with Gasteiger partial charge in [0.25, 0.3) is 0 Å². The summed E-state index contributed by atoms with van der Waals surface area (Å²) in [4.78, 5) is 0. The van der Waals surface area contributed by atoms with Gasteiger partial charge in [0.15, 0.2) is 0 Å². The van der Waals surface area contributed by atoms with Crippen molar-refractivity contribution < 1.29 is 9.84 Å². The molecule has 12 heavy (non-hydrogen) atoms. The van der Waals surface area contributed by atoms with Gasteiger partial charge in [-0.2, -0.15) is 0 Å². The fourth-order valence-electron chi connectivity index (χ4n) is 1.10. The molecule has 0 saturated heterocycles. The molecule has 0 saturated carbocycles. The average Bonchev–Trinajstić information content (AvgIpc) is 2.09. The first-order chi connectivity index (χ1) is 5.81. The van der Waals surface area contributed by atoms with E-state index in [0.29, 0.717) is 6.10 Å². The molecular weight excluding hydrogens is 152 g/mol. The normalized spacial score (nSPS) is 13.2. The number of aliphatic hydroxyl groups excluding tert-OH is 1. The first kappa shape index (κ1) is 11.9. The summed E-state index contributed by atoms with van der Waals surface area (Å²) in [7, 11) is 0. The van der Waals surface area contributed by atoms with Crippen molar-refractivity contribution in [2.45, 2.75) is 52.1 Å². The number of ether oxygens (including phenoxy) is 1. The molecule has 0 fully saturated rings. The Labute approximate surface area is 75.9 Å². The lowest BCUT2D eigenvalue weighted by atomic mass is 10.2. The molecule has 0 bridgehead atoms. The minimum Gasteiger partial charge on any atom is -0.396 e. The third kappa shape index (κ3) is 8.02. The van der Waals surface area contributed by atoms with E-state index in [1.807, 2.05) is 0 Å². The lowest BCUT2D eigenvalue weighted by Gasteiger charge is -2.11. The summed E-state index contributed by atoms with van der Waals surface area (Å²) < 4.78 is 5.54. The molecule has 0 radical (unpaired) electrons. The highest BCUT2D eigenvalue weighted by molar-refractivity contribution is 4.49. The van der Waals surface area contributed by atoms with E-state index in [1.165, 1.54) is 19.3 Å². The zero-order chi connectivity index (χ0) is 9.23. The Morgan fingerprint density at radius 3 is 2.58 bits per heavy atom. The minimum atomic E-state index is 0.280. The van der Waals surface area contributed by atoms with E-state index in [1.54, 1.807) is 0 Å². The van der Waals surface area contributed by atoms with E-state index in [4.69, 9.17) is 9.84 Å². The van der Waals surface area contributed by atoms with E-state index < -0.39 is 0 Å². The third-order valence-electron chi connectivity index (χ3n) is 1.92. The van der Waals surface area contributed by atoms with Crippen LogP contribution in [-0.4, -0.2) is 24.4 Å². The second-order valence-corrected chi connectivity index (χ2v) is 3.25. The monoisotopic (exact) mass is 174 g/mol. The summed E-state index contributed by atoms with van der Waals surface area (Å²) in [5.41, 5.74) is 0. The van der Waals surface area contributed by atoms with Crippen molar-refractivity contribution in [3.63, 3.8) is 0 Å². The maximum Gasteiger partial charge on any atom is 0.0547 e. The van der Waals surface area contributed by atoms with Gasteiger partial charge >= 0.3 is 0 Å². The van der Waals surface area contributed by atoms with Gasteiger partial charge in [-0.05, 0) is 26.2 Å². The van der Waals surface area contributed by atoms with Crippen LogP contribution in [0.15, 0.2) is 0 Å². The molecule has 0 aliphatic carbocycles. The van der Waals surface area contributed by atoms with Crippen molar-refractivity contribution in [2.75, 3.05) is 13.2 Å². The predicted molar refractivity (Wildman–Crippen MR) is 51.3 cm³/mol. The Hall–Kier alpha value is -0.0800. The van der Waals surface area contributed by atoms with Crippen LogP contribution < -0.4 is 0 Å². The molecular formula is C10H22O2. The molecule has 0 aromatic carbocycles. The van der Waals surface area contributed by atoms with Gasteiger partial charge in [-0.1, -0.05) is 19.8 Å². The average molecular weight is 174 g/mol. The lowest BCUT2D eigenvalue weighted by molar-refractivity contribution is 0.0529. The zero-order valence-electron chi connectivity index (χ0n) is 8.38. The van der Waals surface area contributed by atoms with Gasteiger partial charge < -0.3 is 9.84 Å². The van der Waals surface area contributed by atoms with Crippen molar-refractivity contribution in [2.24, 2.45) is 0 Å². The van der Waals surface area contributed by atoms with E-state index in [2.05, 4.69) is 13.8 Å². The molecule has 0 aromatic heterocycles. The van der Waals surface area contributed by atoms with Gasteiger partial charge in [0.1, 0.15) is 0 Å². The summed E-state index contributed by atoms with van der Waals surface area (Å²) in [5.74, 6) is 0. The molecule has 0 aliphatic rings. The Morgan fingerprint density at radius 1 is 1.25 bits per heavy atom. The van der Waals surface area contributed by atoms with Crippen LogP contribution in [0.4, 0.5) is 0 Å². The maximum absolute atomic E-state index is 8.57. The zero-order valence-corrected chi connectivity index (χ0v) is 8.38. The molecule has 1 unspecified atom stereocenters. The molecule has 1 atom stereocenters. The lowest BCUT2D eigenvalue weighted by Crippen LogP contribution is -2.09. The Balaban J connectivity index is 3.02. The molecule has 0 aromatic rings. The van der Waals surface area contributed by atoms with Gasteiger partial charge in [0, 0.05) is 13.2 Å². The van der Waals surface area contributed by atoms with Crippen LogP contribution in [0.2, 0.25) is 0 Å². The molecule has 0 amide bonds. The van der Waals surface area contributed by atoms with Gasteiger partial charge in [-0.25, -0.2) is 0 Å². The quantitative estimate of drug-likeness (QED) is 0.572. The van der Waals surface area contributed by atoms with Crippen molar-refractivity contribution in [3.05, 3.63) is 0 Å². The molecule has 0 rings (SSSR count). The highest BCUT2D eigenvalue weighted by atomic mass is 16.5. The van der Waals surface area contributed by atoms with E-state index in [9.17, 15) is 0 Å². The molecule has 0 spiro atoms. The van der Waals surface area contributed by atoms with E-state index >= 15 is 0 Å². The van der Waals surface area contributed by atoms with Gasteiger partial charge in [0.05, 0.1) is 6.10 Å². The largest absolute Gasteiger partial charge is 0.396 e. The highest BCUT2D eigenvalue weighted by Gasteiger charge is 2.00. The summed E-state index contributed by atoms with van der Waals surface area (Å²) in [6, 6.07) is 0. The number of rotatable bonds is 8. The second kappa shape index (κ2) is 9.01. The fraction of sp³-hybridized carbons (Fsp3) is 1.00. The molecule has 2 heteroatoms.